The van der Waals surface area contributed by atoms with Crippen molar-refractivity contribution < 1.29 is 28.5 Å². The number of amides is 1. The molecule has 1 unspecified atom stereocenters. The van der Waals surface area contributed by atoms with Crippen molar-refractivity contribution in [2.24, 2.45) is 0 Å². The summed E-state index contributed by atoms with van der Waals surface area (Å²) in [6.07, 6.45) is 0.199. The van der Waals surface area contributed by atoms with Crippen molar-refractivity contribution >= 4 is 11.9 Å². The van der Waals surface area contributed by atoms with Crippen molar-refractivity contribution in [3.63, 3.8) is 0 Å². The zero-order valence-corrected chi connectivity index (χ0v) is 15.9. The average molecular weight is 385 g/mol. The first kappa shape index (κ1) is 19.5. The maximum atomic E-state index is 12.2. The van der Waals surface area contributed by atoms with Crippen LogP contribution in [0.1, 0.15) is 24.1 Å². The fourth-order valence-electron chi connectivity index (χ4n) is 2.79. The molecule has 1 amide bonds. The van der Waals surface area contributed by atoms with Crippen molar-refractivity contribution in [3.8, 4) is 17.2 Å². The summed E-state index contributed by atoms with van der Waals surface area (Å²) >= 11 is 0. The summed E-state index contributed by atoms with van der Waals surface area (Å²) in [5, 5.41) is 2.90. The van der Waals surface area contributed by atoms with Crippen LogP contribution in [0.25, 0.3) is 0 Å². The molecule has 0 radical (unpaired) electrons. The second-order valence-corrected chi connectivity index (χ2v) is 6.38. The van der Waals surface area contributed by atoms with E-state index < -0.39 is 0 Å². The van der Waals surface area contributed by atoms with E-state index in [1.54, 1.807) is 24.3 Å². The van der Waals surface area contributed by atoms with Crippen molar-refractivity contribution in [2.75, 3.05) is 26.9 Å². The Morgan fingerprint density at radius 1 is 1.07 bits per heavy atom. The van der Waals surface area contributed by atoms with Crippen LogP contribution in [-0.2, 0) is 20.7 Å². The van der Waals surface area contributed by atoms with Crippen molar-refractivity contribution in [1.29, 1.82) is 0 Å². The third kappa shape index (κ3) is 5.16. The third-order valence-corrected chi connectivity index (χ3v) is 4.31. The van der Waals surface area contributed by atoms with Crippen molar-refractivity contribution in [3.05, 3.63) is 53.6 Å². The zero-order valence-electron chi connectivity index (χ0n) is 15.9. The molecule has 1 atom stereocenters. The number of rotatable bonds is 7. The van der Waals surface area contributed by atoms with Crippen LogP contribution >= 0.6 is 0 Å². The van der Waals surface area contributed by atoms with E-state index in [0.717, 1.165) is 11.1 Å². The van der Waals surface area contributed by atoms with Gasteiger partial charge < -0.3 is 24.3 Å². The first-order chi connectivity index (χ1) is 13.5. The molecule has 2 aromatic carbocycles. The lowest BCUT2D eigenvalue weighted by atomic mass is 10.1. The van der Waals surface area contributed by atoms with E-state index in [0.29, 0.717) is 30.5 Å². The van der Waals surface area contributed by atoms with E-state index in [1.807, 2.05) is 25.1 Å². The first-order valence-electron chi connectivity index (χ1n) is 9.02. The topological polar surface area (TPSA) is 83.1 Å². The monoisotopic (exact) mass is 385 g/mol. The highest BCUT2D eigenvalue weighted by molar-refractivity contribution is 5.78. The van der Waals surface area contributed by atoms with E-state index in [2.05, 4.69) is 10.1 Å². The van der Waals surface area contributed by atoms with Crippen LogP contribution in [0.3, 0.4) is 0 Å². The molecule has 0 spiro atoms. The zero-order chi connectivity index (χ0) is 19.9. The molecular weight excluding hydrogens is 362 g/mol. The minimum atomic E-state index is -0.304. The molecule has 148 valence electrons. The van der Waals surface area contributed by atoms with Gasteiger partial charge in [0, 0.05) is 0 Å². The largest absolute Gasteiger partial charge is 0.486 e. The van der Waals surface area contributed by atoms with Crippen molar-refractivity contribution in [1.82, 2.24) is 5.32 Å². The van der Waals surface area contributed by atoms with Gasteiger partial charge in [0.1, 0.15) is 19.0 Å². The van der Waals surface area contributed by atoms with Gasteiger partial charge >= 0.3 is 5.97 Å². The van der Waals surface area contributed by atoms with Crippen LogP contribution in [0.15, 0.2) is 42.5 Å². The molecular formula is C21H23NO6. The highest BCUT2D eigenvalue weighted by Gasteiger charge is 2.16. The number of nitrogens with one attached hydrogen (secondary N) is 1. The molecule has 0 fully saturated rings. The molecule has 28 heavy (non-hydrogen) atoms. The molecule has 0 bridgehead atoms. The number of hydrogen-bond acceptors (Lipinski definition) is 6. The van der Waals surface area contributed by atoms with Gasteiger partial charge in [0.05, 0.1) is 19.6 Å². The Kier molecular flexibility index (Phi) is 6.37. The second-order valence-electron chi connectivity index (χ2n) is 6.38. The number of esters is 1. The second kappa shape index (κ2) is 9.12. The lowest BCUT2D eigenvalue weighted by Gasteiger charge is -2.21. The van der Waals surface area contributed by atoms with Crippen LogP contribution in [0, 0.1) is 0 Å². The van der Waals surface area contributed by atoms with E-state index in [-0.39, 0.29) is 30.9 Å². The molecule has 0 saturated carbocycles. The summed E-state index contributed by atoms with van der Waals surface area (Å²) in [4.78, 5) is 23.4. The average Bonchev–Trinajstić information content (AvgIpc) is 2.72. The van der Waals surface area contributed by atoms with Gasteiger partial charge in [-0.2, -0.15) is 0 Å². The predicted molar refractivity (Wildman–Crippen MR) is 102 cm³/mol. The van der Waals surface area contributed by atoms with E-state index in [1.165, 1.54) is 7.11 Å². The SMILES string of the molecule is COC(=O)Cc1ccc(OCC(=O)NC(C)c2ccc3c(c2)OCCO3)cc1. The Morgan fingerprint density at radius 3 is 2.50 bits per heavy atom. The fraction of sp³-hybridized carbons (Fsp3) is 0.333. The number of fused-ring (bicyclic) bond motifs is 1. The highest BCUT2D eigenvalue weighted by atomic mass is 16.6. The Morgan fingerprint density at radius 2 is 1.79 bits per heavy atom. The predicted octanol–water partition coefficient (Wildman–Crippen LogP) is 2.43. The van der Waals surface area contributed by atoms with Gasteiger partial charge in [-0.15, -0.1) is 0 Å². The van der Waals surface area contributed by atoms with Crippen LogP contribution in [-0.4, -0.2) is 38.8 Å². The van der Waals surface area contributed by atoms with Gasteiger partial charge in [0.25, 0.3) is 5.91 Å². The maximum absolute atomic E-state index is 12.2. The summed E-state index contributed by atoms with van der Waals surface area (Å²) in [5.74, 6) is 1.42. The lowest BCUT2D eigenvalue weighted by molar-refractivity contribution is -0.139. The number of carbonyl (C=O) groups excluding carboxylic acids is 2. The standard InChI is InChI=1S/C21H23NO6/c1-14(16-5-8-18-19(12-16)27-10-9-26-18)22-20(23)13-28-17-6-3-15(4-7-17)11-21(24)25-2/h3-8,12,14H,9-11,13H2,1-2H3,(H,22,23). The van der Waals surface area contributed by atoms with Gasteiger partial charge in [0.15, 0.2) is 18.1 Å². The molecule has 2 aromatic rings. The van der Waals surface area contributed by atoms with Crippen LogP contribution in [0.2, 0.25) is 0 Å². The van der Waals surface area contributed by atoms with Gasteiger partial charge in [-0.3, -0.25) is 9.59 Å². The quantitative estimate of drug-likeness (QED) is 0.737. The Labute approximate surface area is 163 Å². The molecule has 1 aliphatic rings. The van der Waals surface area contributed by atoms with E-state index in [4.69, 9.17) is 14.2 Å². The number of hydrogen-bond donors (Lipinski definition) is 1. The number of carbonyl (C=O) groups is 2. The van der Waals surface area contributed by atoms with Gasteiger partial charge in [0.2, 0.25) is 0 Å². The first-order valence-corrected chi connectivity index (χ1v) is 9.02. The summed E-state index contributed by atoms with van der Waals surface area (Å²) < 4.78 is 21.2. The van der Waals surface area contributed by atoms with Gasteiger partial charge in [-0.1, -0.05) is 18.2 Å². The number of methoxy groups -OCH3 is 1. The highest BCUT2D eigenvalue weighted by Crippen LogP contribution is 2.32. The molecule has 7 heteroatoms. The molecule has 0 saturated heterocycles. The summed E-state index contributed by atoms with van der Waals surface area (Å²) in [5.41, 5.74) is 1.74. The fourth-order valence-corrected chi connectivity index (χ4v) is 2.79. The van der Waals surface area contributed by atoms with E-state index in [9.17, 15) is 9.59 Å². The van der Waals surface area contributed by atoms with Gasteiger partial charge in [-0.05, 0) is 42.3 Å². The van der Waals surface area contributed by atoms with E-state index >= 15 is 0 Å². The summed E-state index contributed by atoms with van der Waals surface area (Å²) in [6, 6.07) is 12.4. The van der Waals surface area contributed by atoms with Crippen LogP contribution < -0.4 is 19.5 Å². The van der Waals surface area contributed by atoms with Gasteiger partial charge in [-0.25, -0.2) is 0 Å². The molecule has 7 nitrogen and oxygen atoms in total. The van der Waals surface area contributed by atoms with Crippen molar-refractivity contribution in [2.45, 2.75) is 19.4 Å². The summed E-state index contributed by atoms with van der Waals surface area (Å²) in [7, 11) is 1.35. The molecule has 0 aliphatic carbocycles. The molecule has 3 rings (SSSR count). The maximum Gasteiger partial charge on any atom is 0.309 e. The Hall–Kier alpha value is -3.22. The Balaban J connectivity index is 1.49. The third-order valence-electron chi connectivity index (χ3n) is 4.31. The van der Waals surface area contributed by atoms with Crippen LogP contribution in [0.5, 0.6) is 17.2 Å². The minimum absolute atomic E-state index is 0.106. The molecule has 1 aliphatic heterocycles. The van der Waals surface area contributed by atoms with Crippen LogP contribution in [0.4, 0.5) is 0 Å². The number of benzene rings is 2. The normalized spacial score (nSPS) is 13.4. The lowest BCUT2D eigenvalue weighted by Crippen LogP contribution is -2.31. The molecule has 1 heterocycles. The number of ether oxygens (including phenoxy) is 4. The minimum Gasteiger partial charge on any atom is -0.486 e. The molecule has 0 aromatic heterocycles. The smallest absolute Gasteiger partial charge is 0.309 e. The molecule has 1 N–H and O–H groups in total. The Bertz CT molecular complexity index is 833. The summed E-state index contributed by atoms with van der Waals surface area (Å²) in [6.45, 7) is 2.85.